The van der Waals surface area contributed by atoms with E-state index < -0.39 is 11.9 Å². The fraction of sp³-hybridized carbons (Fsp3) is 0.875. The van der Waals surface area contributed by atoms with Gasteiger partial charge in [0, 0.05) is 13.2 Å². The van der Waals surface area contributed by atoms with Crippen LogP contribution in [0.3, 0.4) is 0 Å². The maximum absolute atomic E-state index is 11.4. The summed E-state index contributed by atoms with van der Waals surface area (Å²) in [7, 11) is 0. The SMILES string of the molecule is CCCCOCCOC(=O)CCC(=O)OCCOCCOCC. The molecule has 7 heteroatoms. The third-order valence-corrected chi connectivity index (χ3v) is 2.73. The van der Waals surface area contributed by atoms with Crippen molar-refractivity contribution in [1.82, 2.24) is 0 Å². The van der Waals surface area contributed by atoms with Crippen LogP contribution >= 0.6 is 0 Å². The molecule has 0 unspecified atom stereocenters. The van der Waals surface area contributed by atoms with Crippen LogP contribution in [-0.4, -0.2) is 64.8 Å². The fourth-order valence-electron chi connectivity index (χ4n) is 1.49. The molecule has 0 atom stereocenters. The van der Waals surface area contributed by atoms with Gasteiger partial charge in [0.1, 0.15) is 13.2 Å². The van der Waals surface area contributed by atoms with Crippen LogP contribution in [-0.2, 0) is 33.3 Å². The summed E-state index contributed by atoms with van der Waals surface area (Å²) < 4.78 is 25.4. The van der Waals surface area contributed by atoms with E-state index in [4.69, 9.17) is 23.7 Å². The van der Waals surface area contributed by atoms with Crippen molar-refractivity contribution in [1.29, 1.82) is 0 Å². The standard InChI is InChI=1S/C16H30O7/c1-3-5-8-20-11-13-22-15(17)6-7-16(18)23-14-12-21-10-9-19-4-2/h3-14H2,1-2H3. The zero-order chi connectivity index (χ0) is 17.2. The van der Waals surface area contributed by atoms with Gasteiger partial charge in [-0.2, -0.15) is 0 Å². The van der Waals surface area contributed by atoms with Gasteiger partial charge in [-0.25, -0.2) is 0 Å². The van der Waals surface area contributed by atoms with Crippen LogP contribution in [0, 0.1) is 0 Å². The second kappa shape index (κ2) is 17.2. The van der Waals surface area contributed by atoms with Gasteiger partial charge in [-0.3, -0.25) is 9.59 Å². The summed E-state index contributed by atoms with van der Waals surface area (Å²) in [5, 5.41) is 0. The highest BCUT2D eigenvalue weighted by Gasteiger charge is 2.09. The van der Waals surface area contributed by atoms with Crippen LogP contribution in [0.2, 0.25) is 0 Å². The number of ether oxygens (including phenoxy) is 5. The van der Waals surface area contributed by atoms with Crippen molar-refractivity contribution in [2.75, 3.05) is 52.9 Å². The van der Waals surface area contributed by atoms with E-state index in [0.717, 1.165) is 12.8 Å². The smallest absolute Gasteiger partial charge is 0.306 e. The molecule has 0 N–H and O–H groups in total. The first-order valence-corrected chi connectivity index (χ1v) is 8.25. The van der Waals surface area contributed by atoms with Gasteiger partial charge in [0.2, 0.25) is 0 Å². The number of unbranched alkanes of at least 4 members (excludes halogenated alkanes) is 1. The normalized spacial score (nSPS) is 10.5. The number of esters is 2. The molecule has 0 aliphatic carbocycles. The molecule has 0 fully saturated rings. The Morgan fingerprint density at radius 2 is 1.13 bits per heavy atom. The van der Waals surface area contributed by atoms with E-state index in [0.29, 0.717) is 39.6 Å². The van der Waals surface area contributed by atoms with Gasteiger partial charge >= 0.3 is 11.9 Å². The second-order valence-electron chi connectivity index (χ2n) is 4.72. The van der Waals surface area contributed by atoms with Crippen molar-refractivity contribution in [3.8, 4) is 0 Å². The second-order valence-corrected chi connectivity index (χ2v) is 4.72. The average Bonchev–Trinajstić information content (AvgIpc) is 2.55. The van der Waals surface area contributed by atoms with Crippen molar-refractivity contribution in [3.05, 3.63) is 0 Å². The van der Waals surface area contributed by atoms with Gasteiger partial charge in [-0.05, 0) is 13.3 Å². The Hall–Kier alpha value is -1.18. The van der Waals surface area contributed by atoms with Crippen molar-refractivity contribution in [3.63, 3.8) is 0 Å². The minimum Gasteiger partial charge on any atom is -0.463 e. The van der Waals surface area contributed by atoms with E-state index in [2.05, 4.69) is 6.92 Å². The summed E-state index contributed by atoms with van der Waals surface area (Å²) in [4.78, 5) is 22.8. The summed E-state index contributed by atoms with van der Waals surface area (Å²) in [6, 6.07) is 0. The highest BCUT2D eigenvalue weighted by molar-refractivity contribution is 5.77. The third-order valence-electron chi connectivity index (χ3n) is 2.73. The predicted molar refractivity (Wildman–Crippen MR) is 84.2 cm³/mol. The molecule has 0 aromatic heterocycles. The summed E-state index contributed by atoms with van der Waals surface area (Å²) in [5.74, 6) is -0.858. The lowest BCUT2D eigenvalue weighted by atomic mass is 10.3. The quantitative estimate of drug-likeness (QED) is 0.314. The Kier molecular flexibility index (Phi) is 16.3. The number of carbonyl (C=O) groups is 2. The number of rotatable bonds is 16. The zero-order valence-corrected chi connectivity index (χ0v) is 14.3. The molecule has 0 saturated heterocycles. The zero-order valence-electron chi connectivity index (χ0n) is 14.3. The van der Waals surface area contributed by atoms with Gasteiger partial charge in [-0.15, -0.1) is 0 Å². The van der Waals surface area contributed by atoms with Gasteiger partial charge in [0.25, 0.3) is 0 Å². The number of hydrogen-bond donors (Lipinski definition) is 0. The first-order valence-electron chi connectivity index (χ1n) is 8.25. The minimum atomic E-state index is -0.436. The molecule has 7 nitrogen and oxygen atoms in total. The number of hydrogen-bond acceptors (Lipinski definition) is 7. The van der Waals surface area contributed by atoms with Crippen molar-refractivity contribution in [2.45, 2.75) is 39.5 Å². The molecule has 0 heterocycles. The Labute approximate surface area is 138 Å². The molecule has 0 aliphatic rings. The molecule has 0 radical (unpaired) electrons. The highest BCUT2D eigenvalue weighted by atomic mass is 16.6. The lowest BCUT2D eigenvalue weighted by Gasteiger charge is -2.07. The molecule has 0 aliphatic heterocycles. The summed E-state index contributed by atoms with van der Waals surface area (Å²) in [6.45, 7) is 7.40. The van der Waals surface area contributed by atoms with Gasteiger partial charge in [-0.1, -0.05) is 13.3 Å². The lowest BCUT2D eigenvalue weighted by molar-refractivity contribution is -0.152. The van der Waals surface area contributed by atoms with Crippen LogP contribution in [0.5, 0.6) is 0 Å². The average molecular weight is 334 g/mol. The van der Waals surface area contributed by atoms with Gasteiger partial charge in [0.15, 0.2) is 0 Å². The largest absolute Gasteiger partial charge is 0.463 e. The Bertz CT molecular complexity index is 294. The van der Waals surface area contributed by atoms with E-state index in [1.54, 1.807) is 0 Å². The van der Waals surface area contributed by atoms with Crippen molar-refractivity contribution < 1.29 is 33.3 Å². The molecule has 0 spiro atoms. The molecule has 23 heavy (non-hydrogen) atoms. The monoisotopic (exact) mass is 334 g/mol. The Balaban J connectivity index is 3.35. The third kappa shape index (κ3) is 17.0. The summed E-state index contributed by atoms with van der Waals surface area (Å²) in [5.41, 5.74) is 0. The predicted octanol–water partition coefficient (Wildman–Crippen LogP) is 1.72. The summed E-state index contributed by atoms with van der Waals surface area (Å²) >= 11 is 0. The maximum Gasteiger partial charge on any atom is 0.306 e. The molecule has 0 saturated carbocycles. The van der Waals surface area contributed by atoms with E-state index >= 15 is 0 Å². The molecule has 0 aromatic carbocycles. The van der Waals surface area contributed by atoms with Crippen molar-refractivity contribution >= 4 is 11.9 Å². The van der Waals surface area contributed by atoms with Crippen LogP contribution in [0.25, 0.3) is 0 Å². The molecule has 0 rings (SSSR count). The fourth-order valence-corrected chi connectivity index (χ4v) is 1.49. The van der Waals surface area contributed by atoms with E-state index in [9.17, 15) is 9.59 Å². The van der Waals surface area contributed by atoms with E-state index in [1.165, 1.54) is 0 Å². The number of carbonyl (C=O) groups excluding carboxylic acids is 2. The molecular weight excluding hydrogens is 304 g/mol. The van der Waals surface area contributed by atoms with Crippen LogP contribution in [0.4, 0.5) is 0 Å². The summed E-state index contributed by atoms with van der Waals surface area (Å²) in [6.07, 6.45) is 2.09. The van der Waals surface area contributed by atoms with E-state index in [-0.39, 0.29) is 26.1 Å². The topological polar surface area (TPSA) is 80.3 Å². The first kappa shape index (κ1) is 21.8. The molecule has 136 valence electrons. The van der Waals surface area contributed by atoms with Crippen LogP contribution in [0.15, 0.2) is 0 Å². The van der Waals surface area contributed by atoms with Crippen LogP contribution in [0.1, 0.15) is 39.5 Å². The molecule has 0 bridgehead atoms. The molecular formula is C16H30O7. The Morgan fingerprint density at radius 3 is 1.65 bits per heavy atom. The van der Waals surface area contributed by atoms with Crippen molar-refractivity contribution in [2.24, 2.45) is 0 Å². The lowest BCUT2D eigenvalue weighted by Crippen LogP contribution is -2.15. The van der Waals surface area contributed by atoms with E-state index in [1.807, 2.05) is 6.92 Å². The molecule has 0 aromatic rings. The van der Waals surface area contributed by atoms with Gasteiger partial charge < -0.3 is 23.7 Å². The van der Waals surface area contributed by atoms with Crippen LogP contribution < -0.4 is 0 Å². The maximum atomic E-state index is 11.4. The Morgan fingerprint density at radius 1 is 0.652 bits per heavy atom. The van der Waals surface area contributed by atoms with Gasteiger partial charge in [0.05, 0.1) is 39.3 Å². The highest BCUT2D eigenvalue weighted by Crippen LogP contribution is 1.97. The first-order chi connectivity index (χ1) is 11.2. The minimum absolute atomic E-state index is 0.00840. The molecule has 0 amide bonds.